The number of rotatable bonds is 4. The molecule has 1 rings (SSSR count). The van der Waals surface area contributed by atoms with Crippen molar-refractivity contribution in [3.63, 3.8) is 0 Å². The summed E-state index contributed by atoms with van der Waals surface area (Å²) >= 11 is 0. The van der Waals surface area contributed by atoms with E-state index in [1.807, 2.05) is 0 Å². The van der Waals surface area contributed by atoms with Gasteiger partial charge >= 0.3 is 0 Å². The predicted octanol–water partition coefficient (Wildman–Crippen LogP) is 1.08. The van der Waals surface area contributed by atoms with E-state index in [1.165, 1.54) is 6.33 Å². The van der Waals surface area contributed by atoms with Gasteiger partial charge in [0, 0.05) is 13.1 Å². The molecule has 64 valence electrons. The first kappa shape index (κ1) is 8.52. The largest absolute Gasteiger partial charge is 0.473 e. The van der Waals surface area contributed by atoms with Crippen LogP contribution in [0.4, 0.5) is 5.82 Å². The fourth-order valence-corrected chi connectivity index (χ4v) is 0.699. The predicted molar refractivity (Wildman–Crippen MR) is 47.3 cm³/mol. The van der Waals surface area contributed by atoms with Crippen molar-refractivity contribution in [2.45, 2.75) is 0 Å². The minimum atomic E-state index is 0.458. The number of hydrogen-bond donors (Lipinski definition) is 1. The number of hydrogen-bond acceptors (Lipinski definition) is 4. The molecule has 0 amide bonds. The fraction of sp³-hybridized carbons (Fsp3) is 0.250. The average Bonchev–Trinajstić information content (AvgIpc) is 2.15. The summed E-state index contributed by atoms with van der Waals surface area (Å²) < 4.78 is 5.19. The summed E-state index contributed by atoms with van der Waals surface area (Å²) in [6, 6.07) is 1.73. The molecule has 0 aromatic carbocycles. The molecule has 1 N–H and O–H groups in total. The van der Waals surface area contributed by atoms with Crippen LogP contribution in [0.5, 0.6) is 5.88 Å². The average molecular weight is 165 g/mol. The van der Waals surface area contributed by atoms with Crippen LogP contribution in [-0.4, -0.2) is 23.6 Å². The number of anilines is 1. The van der Waals surface area contributed by atoms with Crippen molar-refractivity contribution in [1.29, 1.82) is 0 Å². The van der Waals surface area contributed by atoms with Crippen molar-refractivity contribution in [2.24, 2.45) is 0 Å². The molecule has 0 spiro atoms. The summed E-state index contributed by atoms with van der Waals surface area (Å²) in [6.45, 7) is 3.99. The molecule has 12 heavy (non-hydrogen) atoms. The van der Waals surface area contributed by atoms with Gasteiger partial charge in [-0.15, -0.1) is 0 Å². The van der Waals surface area contributed by atoms with Crippen LogP contribution in [0.15, 0.2) is 25.0 Å². The van der Waals surface area contributed by atoms with E-state index in [0.29, 0.717) is 12.5 Å². The van der Waals surface area contributed by atoms with Crippen molar-refractivity contribution >= 4 is 5.82 Å². The first-order valence-electron chi connectivity index (χ1n) is 3.60. The third kappa shape index (κ3) is 2.23. The highest BCUT2D eigenvalue weighted by Crippen LogP contribution is 2.09. The van der Waals surface area contributed by atoms with Gasteiger partial charge in [0.05, 0.1) is 0 Å². The summed E-state index contributed by atoms with van der Waals surface area (Å²) in [7, 11) is 1.79. The molecule has 4 heteroatoms. The highest BCUT2D eigenvalue weighted by molar-refractivity contribution is 5.35. The van der Waals surface area contributed by atoms with Crippen molar-refractivity contribution < 1.29 is 4.74 Å². The molecular formula is C8H11N3O. The first-order chi connectivity index (χ1) is 5.86. The molecule has 0 aliphatic carbocycles. The van der Waals surface area contributed by atoms with E-state index in [1.54, 1.807) is 19.2 Å². The molecule has 0 bridgehead atoms. The van der Waals surface area contributed by atoms with E-state index in [9.17, 15) is 0 Å². The van der Waals surface area contributed by atoms with Gasteiger partial charge in [0.15, 0.2) is 0 Å². The van der Waals surface area contributed by atoms with Crippen LogP contribution in [0.2, 0.25) is 0 Å². The van der Waals surface area contributed by atoms with Crippen LogP contribution in [-0.2, 0) is 0 Å². The van der Waals surface area contributed by atoms with E-state index < -0.39 is 0 Å². The van der Waals surface area contributed by atoms with Gasteiger partial charge in [-0.05, 0) is 0 Å². The van der Waals surface area contributed by atoms with Gasteiger partial charge in [-0.1, -0.05) is 12.7 Å². The van der Waals surface area contributed by atoms with Gasteiger partial charge in [0.25, 0.3) is 0 Å². The molecule has 1 aromatic heterocycles. The van der Waals surface area contributed by atoms with Crippen LogP contribution in [0.25, 0.3) is 0 Å². The Bertz CT molecular complexity index is 262. The van der Waals surface area contributed by atoms with E-state index in [4.69, 9.17) is 4.74 Å². The van der Waals surface area contributed by atoms with Crippen molar-refractivity contribution in [3.05, 3.63) is 25.0 Å². The van der Waals surface area contributed by atoms with Crippen molar-refractivity contribution in [2.75, 3.05) is 19.0 Å². The van der Waals surface area contributed by atoms with Crippen LogP contribution in [0.3, 0.4) is 0 Å². The van der Waals surface area contributed by atoms with Gasteiger partial charge in [-0.2, -0.15) is 0 Å². The molecule has 1 aromatic rings. The highest BCUT2D eigenvalue weighted by atomic mass is 16.5. The Labute approximate surface area is 71.3 Å². The van der Waals surface area contributed by atoms with E-state index in [2.05, 4.69) is 21.9 Å². The molecule has 0 radical (unpaired) electrons. The van der Waals surface area contributed by atoms with Gasteiger partial charge in [-0.25, -0.2) is 9.97 Å². The summed E-state index contributed by atoms with van der Waals surface area (Å²) in [5, 5.41) is 2.89. The lowest BCUT2D eigenvalue weighted by Gasteiger charge is -2.02. The van der Waals surface area contributed by atoms with Gasteiger partial charge in [0.2, 0.25) is 5.88 Å². The molecule has 4 nitrogen and oxygen atoms in total. The topological polar surface area (TPSA) is 47.0 Å². The third-order valence-corrected chi connectivity index (χ3v) is 1.25. The van der Waals surface area contributed by atoms with Gasteiger partial charge < -0.3 is 10.1 Å². The number of aromatic nitrogens is 2. The summed E-state index contributed by atoms with van der Waals surface area (Å²) in [4.78, 5) is 7.84. The Hall–Kier alpha value is -1.58. The van der Waals surface area contributed by atoms with Crippen LogP contribution >= 0.6 is 0 Å². The molecule has 1 heterocycles. The quantitative estimate of drug-likeness (QED) is 0.678. The zero-order valence-corrected chi connectivity index (χ0v) is 6.95. The Kier molecular flexibility index (Phi) is 3.07. The molecule has 0 saturated carbocycles. The number of nitrogens with one attached hydrogen (secondary N) is 1. The molecule has 0 unspecified atom stereocenters. The Morgan fingerprint density at radius 1 is 1.67 bits per heavy atom. The van der Waals surface area contributed by atoms with Gasteiger partial charge in [-0.3, -0.25) is 0 Å². The summed E-state index contributed by atoms with van der Waals surface area (Å²) in [5.74, 6) is 1.29. The fourth-order valence-electron chi connectivity index (χ4n) is 0.699. The maximum absolute atomic E-state index is 5.19. The van der Waals surface area contributed by atoms with Crippen LogP contribution < -0.4 is 10.1 Å². The molecule has 0 saturated heterocycles. The molecule has 0 aliphatic rings. The van der Waals surface area contributed by atoms with E-state index >= 15 is 0 Å². The standard InChI is InChI=1S/C8H11N3O/c1-3-4-12-8-5-7(9-2)10-6-11-8/h3,5-6H,1,4H2,2H3,(H,9,10,11). The minimum absolute atomic E-state index is 0.458. The zero-order chi connectivity index (χ0) is 8.81. The van der Waals surface area contributed by atoms with E-state index in [-0.39, 0.29) is 0 Å². The monoisotopic (exact) mass is 165 g/mol. The molecule has 0 atom stereocenters. The maximum atomic E-state index is 5.19. The van der Waals surface area contributed by atoms with Crippen LogP contribution in [0, 0.1) is 0 Å². The van der Waals surface area contributed by atoms with Gasteiger partial charge in [0.1, 0.15) is 18.8 Å². The molecule has 0 fully saturated rings. The first-order valence-corrected chi connectivity index (χ1v) is 3.60. The Balaban J connectivity index is 2.65. The molecule has 0 aliphatic heterocycles. The third-order valence-electron chi connectivity index (χ3n) is 1.25. The number of ether oxygens (including phenoxy) is 1. The zero-order valence-electron chi connectivity index (χ0n) is 6.95. The minimum Gasteiger partial charge on any atom is -0.473 e. The molecular weight excluding hydrogens is 154 g/mol. The Morgan fingerprint density at radius 3 is 3.17 bits per heavy atom. The SMILES string of the molecule is C=CCOc1cc(NC)ncn1. The van der Waals surface area contributed by atoms with E-state index in [0.717, 1.165) is 5.82 Å². The lowest BCUT2D eigenvalue weighted by molar-refractivity contribution is 0.348. The highest BCUT2D eigenvalue weighted by Gasteiger charge is 1.95. The normalized spacial score (nSPS) is 9.08. The second-order valence-electron chi connectivity index (χ2n) is 2.09. The maximum Gasteiger partial charge on any atom is 0.218 e. The smallest absolute Gasteiger partial charge is 0.218 e. The van der Waals surface area contributed by atoms with Crippen molar-refractivity contribution in [3.8, 4) is 5.88 Å². The Morgan fingerprint density at radius 2 is 2.50 bits per heavy atom. The van der Waals surface area contributed by atoms with Crippen LogP contribution in [0.1, 0.15) is 0 Å². The second kappa shape index (κ2) is 4.33. The van der Waals surface area contributed by atoms with Crippen molar-refractivity contribution in [1.82, 2.24) is 9.97 Å². The summed E-state index contributed by atoms with van der Waals surface area (Å²) in [6.07, 6.45) is 3.12. The summed E-state index contributed by atoms with van der Waals surface area (Å²) in [5.41, 5.74) is 0. The lowest BCUT2D eigenvalue weighted by Crippen LogP contribution is -1.98. The second-order valence-corrected chi connectivity index (χ2v) is 2.09. The lowest BCUT2D eigenvalue weighted by atomic mass is 10.5. The number of nitrogens with zero attached hydrogens (tertiary/aromatic N) is 2.